The molecule has 20 heavy (non-hydrogen) atoms. The Morgan fingerprint density at radius 3 is 2.60 bits per heavy atom. The maximum absolute atomic E-state index is 6.20. The van der Waals surface area contributed by atoms with Gasteiger partial charge in [0, 0.05) is 34.3 Å². The molecule has 0 fully saturated rings. The highest BCUT2D eigenvalue weighted by Crippen LogP contribution is 2.29. The molecule has 0 saturated heterocycles. The van der Waals surface area contributed by atoms with E-state index >= 15 is 0 Å². The van der Waals surface area contributed by atoms with E-state index < -0.39 is 0 Å². The van der Waals surface area contributed by atoms with E-state index in [1.165, 1.54) is 0 Å². The summed E-state index contributed by atoms with van der Waals surface area (Å²) in [5.74, 6) is 0. The van der Waals surface area contributed by atoms with E-state index in [4.69, 9.17) is 29.6 Å². The van der Waals surface area contributed by atoms with Crippen LogP contribution in [-0.4, -0.2) is 12.0 Å². The van der Waals surface area contributed by atoms with Crippen LogP contribution in [0.2, 0.25) is 5.02 Å². The Labute approximate surface area is 137 Å². The van der Waals surface area contributed by atoms with E-state index in [1.807, 2.05) is 49.5 Å². The lowest BCUT2D eigenvalue weighted by molar-refractivity contribution is 0.921. The van der Waals surface area contributed by atoms with Gasteiger partial charge in [-0.25, -0.2) is 0 Å². The van der Waals surface area contributed by atoms with Gasteiger partial charge in [-0.05, 0) is 39.7 Å². The summed E-state index contributed by atoms with van der Waals surface area (Å²) in [6, 6.07) is 13.7. The summed E-state index contributed by atoms with van der Waals surface area (Å²) in [5.41, 5.74) is 8.71. The number of nitrogens with zero attached hydrogens (tertiary/aromatic N) is 1. The molecule has 2 rings (SSSR count). The lowest BCUT2D eigenvalue weighted by Gasteiger charge is -2.23. The molecule has 5 heteroatoms. The smallest absolute Gasteiger partial charge is 0.107 e. The van der Waals surface area contributed by atoms with Gasteiger partial charge in [0.05, 0.1) is 0 Å². The van der Waals surface area contributed by atoms with Crippen molar-refractivity contribution in [2.75, 3.05) is 11.9 Å². The molecule has 0 heterocycles. The van der Waals surface area contributed by atoms with E-state index in [0.29, 0.717) is 11.5 Å². The van der Waals surface area contributed by atoms with E-state index in [0.717, 1.165) is 26.3 Å². The fourth-order valence-corrected chi connectivity index (χ4v) is 3.15. The first kappa shape index (κ1) is 15.3. The number of thiocarbonyl (C=S) groups is 1. The molecule has 0 saturated carbocycles. The van der Waals surface area contributed by atoms with Gasteiger partial charge >= 0.3 is 0 Å². The zero-order valence-electron chi connectivity index (χ0n) is 10.9. The number of anilines is 1. The highest BCUT2D eigenvalue weighted by molar-refractivity contribution is 9.10. The van der Waals surface area contributed by atoms with Crippen LogP contribution in [0.15, 0.2) is 46.9 Å². The predicted octanol–water partition coefficient (Wildman–Crippen LogP) is 4.37. The van der Waals surface area contributed by atoms with Crippen LogP contribution in [0.4, 0.5) is 5.69 Å². The largest absolute Gasteiger partial charge is 0.389 e. The van der Waals surface area contributed by atoms with Crippen LogP contribution >= 0.6 is 39.7 Å². The lowest BCUT2D eigenvalue weighted by Crippen LogP contribution is -2.22. The highest BCUT2D eigenvalue weighted by Gasteiger charge is 2.13. The quantitative estimate of drug-likeness (QED) is 0.811. The summed E-state index contributed by atoms with van der Waals surface area (Å²) < 4.78 is 0.897. The maximum Gasteiger partial charge on any atom is 0.107 e. The molecular weight excluding hydrogens is 356 g/mol. The Balaban J connectivity index is 2.35. The zero-order chi connectivity index (χ0) is 14.7. The third kappa shape index (κ3) is 3.32. The molecule has 0 aromatic heterocycles. The van der Waals surface area contributed by atoms with E-state index in [2.05, 4.69) is 20.8 Å². The minimum absolute atomic E-state index is 0.374. The Morgan fingerprint density at radius 1 is 1.25 bits per heavy atom. The number of hydrogen-bond acceptors (Lipinski definition) is 2. The molecule has 0 aliphatic heterocycles. The average Bonchev–Trinajstić information content (AvgIpc) is 2.40. The van der Waals surface area contributed by atoms with Crippen molar-refractivity contribution in [2.45, 2.75) is 6.54 Å². The number of hydrogen-bond donors (Lipinski definition) is 1. The second-order valence-corrected chi connectivity index (χ2v) is 6.15. The number of benzene rings is 2. The van der Waals surface area contributed by atoms with Gasteiger partial charge in [0.2, 0.25) is 0 Å². The molecule has 2 aromatic rings. The third-order valence-electron chi connectivity index (χ3n) is 3.01. The van der Waals surface area contributed by atoms with Crippen molar-refractivity contribution in [3.63, 3.8) is 0 Å². The van der Waals surface area contributed by atoms with Crippen molar-refractivity contribution < 1.29 is 0 Å². The van der Waals surface area contributed by atoms with Crippen molar-refractivity contribution in [3.05, 3.63) is 63.1 Å². The van der Waals surface area contributed by atoms with Gasteiger partial charge in [-0.15, -0.1) is 0 Å². The van der Waals surface area contributed by atoms with E-state index in [1.54, 1.807) is 0 Å². The van der Waals surface area contributed by atoms with Gasteiger partial charge in [0.15, 0.2) is 0 Å². The molecule has 0 aliphatic rings. The molecule has 0 bridgehead atoms. The van der Waals surface area contributed by atoms with Crippen LogP contribution in [0.25, 0.3) is 0 Å². The first-order valence-electron chi connectivity index (χ1n) is 6.03. The van der Waals surface area contributed by atoms with E-state index in [-0.39, 0.29) is 0 Å². The second kappa shape index (κ2) is 6.57. The van der Waals surface area contributed by atoms with Gasteiger partial charge in [0.1, 0.15) is 4.99 Å². The Kier molecular flexibility index (Phi) is 5.02. The second-order valence-electron chi connectivity index (χ2n) is 4.45. The van der Waals surface area contributed by atoms with E-state index in [9.17, 15) is 0 Å². The molecule has 0 atom stereocenters. The first-order chi connectivity index (χ1) is 9.50. The first-order valence-corrected chi connectivity index (χ1v) is 7.61. The molecule has 2 aromatic carbocycles. The Hall–Kier alpha value is -1.10. The highest BCUT2D eigenvalue weighted by atomic mass is 79.9. The zero-order valence-corrected chi connectivity index (χ0v) is 14.1. The summed E-state index contributed by atoms with van der Waals surface area (Å²) in [5, 5.41) is 0.756. The topological polar surface area (TPSA) is 29.3 Å². The summed E-state index contributed by atoms with van der Waals surface area (Å²) in [4.78, 5) is 2.46. The van der Waals surface area contributed by atoms with Crippen LogP contribution in [0.1, 0.15) is 11.1 Å². The molecular formula is C15H14BrClN2S. The van der Waals surface area contributed by atoms with Crippen molar-refractivity contribution in [1.29, 1.82) is 0 Å². The Bertz CT molecular complexity index is 646. The molecule has 2 N–H and O–H groups in total. The monoisotopic (exact) mass is 368 g/mol. The third-order valence-corrected chi connectivity index (χ3v) is 4.25. The van der Waals surface area contributed by atoms with Gasteiger partial charge in [-0.1, -0.05) is 48.1 Å². The lowest BCUT2D eigenvalue weighted by atomic mass is 10.1. The van der Waals surface area contributed by atoms with Crippen molar-refractivity contribution in [3.8, 4) is 0 Å². The summed E-state index contributed by atoms with van der Waals surface area (Å²) >= 11 is 14.8. The van der Waals surface area contributed by atoms with Crippen molar-refractivity contribution in [2.24, 2.45) is 5.73 Å². The fourth-order valence-electron chi connectivity index (χ4n) is 2.04. The number of halogens is 2. The van der Waals surface area contributed by atoms with Crippen LogP contribution in [0.3, 0.4) is 0 Å². The van der Waals surface area contributed by atoms with Crippen LogP contribution in [-0.2, 0) is 6.54 Å². The van der Waals surface area contributed by atoms with Crippen LogP contribution < -0.4 is 10.6 Å². The standard InChI is InChI=1S/C15H14BrClN2S/c1-19(9-10-5-2-3-7-12(10)17)13-8-4-6-11(16)14(13)15(18)20/h2-8H,9H2,1H3,(H2,18,20). The molecule has 0 aliphatic carbocycles. The maximum atomic E-state index is 6.20. The average molecular weight is 370 g/mol. The molecule has 0 radical (unpaired) electrons. The Morgan fingerprint density at radius 2 is 1.95 bits per heavy atom. The number of nitrogens with two attached hydrogens (primary N) is 1. The molecule has 0 spiro atoms. The van der Waals surface area contributed by atoms with Gasteiger partial charge in [-0.2, -0.15) is 0 Å². The molecule has 104 valence electrons. The predicted molar refractivity (Wildman–Crippen MR) is 93.6 cm³/mol. The van der Waals surface area contributed by atoms with Gasteiger partial charge in [-0.3, -0.25) is 0 Å². The summed E-state index contributed by atoms with van der Waals surface area (Å²) in [7, 11) is 1.99. The molecule has 0 unspecified atom stereocenters. The van der Waals surface area contributed by atoms with Crippen molar-refractivity contribution in [1.82, 2.24) is 0 Å². The fraction of sp³-hybridized carbons (Fsp3) is 0.133. The van der Waals surface area contributed by atoms with Crippen LogP contribution in [0.5, 0.6) is 0 Å². The molecule has 2 nitrogen and oxygen atoms in total. The van der Waals surface area contributed by atoms with Gasteiger partial charge < -0.3 is 10.6 Å². The van der Waals surface area contributed by atoms with Gasteiger partial charge in [0.25, 0.3) is 0 Å². The number of rotatable bonds is 4. The normalized spacial score (nSPS) is 10.3. The van der Waals surface area contributed by atoms with Crippen LogP contribution in [0, 0.1) is 0 Å². The van der Waals surface area contributed by atoms with Crippen molar-refractivity contribution >= 4 is 50.4 Å². The summed E-state index contributed by atoms with van der Waals surface area (Å²) in [6.45, 7) is 0.686. The molecule has 0 amide bonds. The minimum Gasteiger partial charge on any atom is -0.389 e. The SMILES string of the molecule is CN(Cc1ccccc1Cl)c1cccc(Br)c1C(N)=S. The minimum atomic E-state index is 0.374. The summed E-state index contributed by atoms with van der Waals surface area (Å²) in [6.07, 6.45) is 0.